The van der Waals surface area contributed by atoms with Gasteiger partial charge in [0.05, 0.1) is 10.9 Å². The van der Waals surface area contributed by atoms with Crippen LogP contribution in [0, 0.1) is 0 Å². The summed E-state index contributed by atoms with van der Waals surface area (Å²) in [5.41, 5.74) is 2.36. The lowest BCUT2D eigenvalue weighted by molar-refractivity contribution is -0.129. The molecule has 0 amide bonds. The molecule has 3 rings (SSSR count). The Hall–Kier alpha value is -2.55. The molecular formula is C16H13NO2. The second kappa shape index (κ2) is 4.28. The molecule has 94 valence electrons. The van der Waals surface area contributed by atoms with Crippen LogP contribution in [0.2, 0.25) is 0 Å². The maximum Gasteiger partial charge on any atom is 0.338 e. The molecule has 0 bridgehead atoms. The zero-order chi connectivity index (χ0) is 13.4. The molecule has 0 saturated heterocycles. The summed E-state index contributed by atoms with van der Waals surface area (Å²) in [5, 5.41) is 1.97. The number of fused-ring (bicyclic) bond motifs is 3. The third-order valence-electron chi connectivity index (χ3n) is 3.04. The van der Waals surface area contributed by atoms with Crippen LogP contribution in [-0.2, 0) is 4.79 Å². The predicted molar refractivity (Wildman–Crippen MR) is 76.3 cm³/mol. The Balaban J connectivity index is 2.24. The van der Waals surface area contributed by atoms with Crippen molar-refractivity contribution in [1.82, 2.24) is 4.98 Å². The van der Waals surface area contributed by atoms with E-state index in [1.807, 2.05) is 36.4 Å². The summed E-state index contributed by atoms with van der Waals surface area (Å²) in [5.74, 6) is 0.153. The fraction of sp³-hybridized carbons (Fsp3) is 0.0625. The summed E-state index contributed by atoms with van der Waals surface area (Å²) in [6, 6.07) is 13.6. The average molecular weight is 251 g/mol. The van der Waals surface area contributed by atoms with Crippen LogP contribution >= 0.6 is 0 Å². The quantitative estimate of drug-likeness (QED) is 0.427. The Morgan fingerprint density at radius 2 is 1.84 bits per heavy atom. The van der Waals surface area contributed by atoms with Crippen molar-refractivity contribution < 1.29 is 9.53 Å². The number of esters is 1. The number of hydrogen-bond acceptors (Lipinski definition) is 2. The van der Waals surface area contributed by atoms with E-state index in [0.717, 1.165) is 21.8 Å². The first-order valence-corrected chi connectivity index (χ1v) is 6.04. The van der Waals surface area contributed by atoms with Gasteiger partial charge in [-0.1, -0.05) is 30.8 Å². The predicted octanol–water partition coefficient (Wildman–Crippen LogP) is 3.80. The first kappa shape index (κ1) is 11.5. The number of para-hydroxylation sites is 1. The number of aromatic amines is 1. The van der Waals surface area contributed by atoms with Gasteiger partial charge >= 0.3 is 5.97 Å². The van der Waals surface area contributed by atoms with Crippen molar-refractivity contribution in [3.8, 4) is 5.75 Å². The molecule has 0 spiro atoms. The minimum absolute atomic E-state index is 0.386. The largest absolute Gasteiger partial charge is 0.422 e. The third-order valence-corrected chi connectivity index (χ3v) is 3.04. The van der Waals surface area contributed by atoms with E-state index < -0.39 is 5.97 Å². The lowest BCUT2D eigenvalue weighted by Crippen LogP contribution is -2.08. The van der Waals surface area contributed by atoms with Gasteiger partial charge < -0.3 is 9.72 Å². The number of hydrogen-bond donors (Lipinski definition) is 1. The van der Waals surface area contributed by atoms with Gasteiger partial charge in [-0.05, 0) is 25.1 Å². The molecule has 3 aromatic rings. The maximum atomic E-state index is 11.7. The highest BCUT2D eigenvalue weighted by atomic mass is 16.5. The van der Waals surface area contributed by atoms with Crippen molar-refractivity contribution in [3.63, 3.8) is 0 Å². The van der Waals surface area contributed by atoms with Crippen LogP contribution in [0.25, 0.3) is 21.8 Å². The van der Waals surface area contributed by atoms with Gasteiger partial charge in [-0.2, -0.15) is 0 Å². The van der Waals surface area contributed by atoms with Gasteiger partial charge in [-0.3, -0.25) is 0 Å². The number of carbonyl (C=O) groups excluding carboxylic acids is 1. The fourth-order valence-electron chi connectivity index (χ4n) is 2.14. The molecule has 0 aliphatic heterocycles. The molecular weight excluding hydrogens is 238 g/mol. The number of nitrogens with one attached hydrogen (secondary N) is 1. The molecule has 0 atom stereocenters. The molecule has 0 aliphatic rings. The summed E-state index contributed by atoms with van der Waals surface area (Å²) in [7, 11) is 0. The Morgan fingerprint density at radius 3 is 2.63 bits per heavy atom. The molecule has 0 radical (unpaired) electrons. The zero-order valence-electron chi connectivity index (χ0n) is 10.6. The number of carbonyl (C=O) groups is 1. The minimum Gasteiger partial charge on any atom is -0.422 e. The van der Waals surface area contributed by atoms with E-state index in [1.54, 1.807) is 13.0 Å². The zero-order valence-corrected chi connectivity index (χ0v) is 10.6. The minimum atomic E-state index is -0.405. The summed E-state index contributed by atoms with van der Waals surface area (Å²) in [6.07, 6.45) is 0. The lowest BCUT2D eigenvalue weighted by atomic mass is 10.1. The van der Waals surface area contributed by atoms with Gasteiger partial charge in [0.2, 0.25) is 0 Å². The SMILES string of the molecule is C=C(C)C(=O)Oc1cccc2[nH]c3ccccc3c12. The van der Waals surface area contributed by atoms with Crippen LogP contribution in [0.3, 0.4) is 0 Å². The van der Waals surface area contributed by atoms with E-state index in [1.165, 1.54) is 0 Å². The molecule has 3 heteroatoms. The van der Waals surface area contributed by atoms with E-state index in [0.29, 0.717) is 11.3 Å². The molecule has 1 aromatic heterocycles. The van der Waals surface area contributed by atoms with Crippen molar-refractivity contribution >= 4 is 27.8 Å². The van der Waals surface area contributed by atoms with Crippen molar-refractivity contribution in [2.75, 3.05) is 0 Å². The number of benzene rings is 2. The van der Waals surface area contributed by atoms with Crippen LogP contribution in [0.4, 0.5) is 0 Å². The van der Waals surface area contributed by atoms with Crippen LogP contribution in [0.5, 0.6) is 5.75 Å². The van der Waals surface area contributed by atoms with E-state index in [4.69, 9.17) is 4.74 Å². The van der Waals surface area contributed by atoms with Gasteiger partial charge in [0, 0.05) is 16.5 Å². The number of H-pyrrole nitrogens is 1. The average Bonchev–Trinajstić information content (AvgIpc) is 2.77. The van der Waals surface area contributed by atoms with Crippen LogP contribution in [0.1, 0.15) is 6.92 Å². The molecule has 0 fully saturated rings. The van der Waals surface area contributed by atoms with Crippen molar-refractivity contribution in [2.24, 2.45) is 0 Å². The Kier molecular flexibility index (Phi) is 2.60. The molecule has 3 nitrogen and oxygen atoms in total. The van der Waals surface area contributed by atoms with Crippen molar-refractivity contribution in [3.05, 3.63) is 54.6 Å². The molecule has 1 heterocycles. The van der Waals surface area contributed by atoms with E-state index in [-0.39, 0.29) is 0 Å². The normalized spacial score (nSPS) is 10.8. The molecule has 2 aromatic carbocycles. The molecule has 0 aliphatic carbocycles. The Morgan fingerprint density at radius 1 is 1.11 bits per heavy atom. The van der Waals surface area contributed by atoms with E-state index in [2.05, 4.69) is 11.6 Å². The van der Waals surface area contributed by atoms with Gasteiger partial charge in [0.1, 0.15) is 5.75 Å². The lowest BCUT2D eigenvalue weighted by Gasteiger charge is -2.05. The number of aromatic nitrogens is 1. The first-order valence-electron chi connectivity index (χ1n) is 6.04. The number of rotatable bonds is 2. The van der Waals surface area contributed by atoms with Crippen molar-refractivity contribution in [2.45, 2.75) is 6.92 Å². The van der Waals surface area contributed by atoms with Crippen LogP contribution in [0.15, 0.2) is 54.6 Å². The smallest absolute Gasteiger partial charge is 0.338 e. The second-order valence-electron chi connectivity index (χ2n) is 4.52. The highest BCUT2D eigenvalue weighted by molar-refractivity contribution is 6.11. The maximum absolute atomic E-state index is 11.7. The van der Waals surface area contributed by atoms with E-state index >= 15 is 0 Å². The van der Waals surface area contributed by atoms with Crippen LogP contribution in [-0.4, -0.2) is 11.0 Å². The van der Waals surface area contributed by atoms with Crippen molar-refractivity contribution in [1.29, 1.82) is 0 Å². The first-order chi connectivity index (χ1) is 9.16. The molecule has 0 unspecified atom stereocenters. The molecule has 0 saturated carbocycles. The topological polar surface area (TPSA) is 42.1 Å². The summed E-state index contributed by atoms with van der Waals surface area (Å²) >= 11 is 0. The molecule has 1 N–H and O–H groups in total. The highest BCUT2D eigenvalue weighted by Crippen LogP contribution is 2.33. The van der Waals surface area contributed by atoms with Gasteiger partial charge in [0.25, 0.3) is 0 Å². The fourth-order valence-corrected chi connectivity index (χ4v) is 2.14. The number of ether oxygens (including phenoxy) is 1. The second-order valence-corrected chi connectivity index (χ2v) is 4.52. The molecule has 19 heavy (non-hydrogen) atoms. The van der Waals surface area contributed by atoms with Gasteiger partial charge in [0.15, 0.2) is 0 Å². The highest BCUT2D eigenvalue weighted by Gasteiger charge is 2.12. The Bertz CT molecular complexity index is 799. The Labute approximate surface area is 110 Å². The third kappa shape index (κ3) is 1.89. The van der Waals surface area contributed by atoms with Gasteiger partial charge in [-0.15, -0.1) is 0 Å². The summed E-state index contributed by atoms with van der Waals surface area (Å²) < 4.78 is 5.40. The standard InChI is InChI=1S/C16H13NO2/c1-10(2)16(18)19-14-9-5-8-13-15(14)11-6-3-4-7-12(11)17-13/h3-9,17H,1H2,2H3. The van der Waals surface area contributed by atoms with E-state index in [9.17, 15) is 4.79 Å². The summed E-state index contributed by atoms with van der Waals surface area (Å²) in [4.78, 5) is 15.0. The monoisotopic (exact) mass is 251 g/mol. The van der Waals surface area contributed by atoms with Crippen LogP contribution < -0.4 is 4.74 Å². The van der Waals surface area contributed by atoms with Gasteiger partial charge in [-0.25, -0.2) is 4.79 Å². The summed E-state index contributed by atoms with van der Waals surface area (Å²) in [6.45, 7) is 5.24.